The summed E-state index contributed by atoms with van der Waals surface area (Å²) in [5, 5.41) is 5.18. The van der Waals surface area contributed by atoms with Gasteiger partial charge in [-0.05, 0) is 59.5 Å². The minimum Gasteiger partial charge on any atom is -0.484 e. The molecule has 3 rings (SSSR count). The van der Waals surface area contributed by atoms with Crippen LogP contribution in [0.4, 0.5) is 5.69 Å². The highest BCUT2D eigenvalue weighted by Crippen LogP contribution is 2.24. The number of fused-ring (bicyclic) bond motifs is 1. The van der Waals surface area contributed by atoms with Crippen LogP contribution in [0.25, 0.3) is 10.8 Å². The number of hydrogen-bond acceptors (Lipinski definition) is 2. The smallest absolute Gasteiger partial charge is 0.262 e. The molecule has 0 fully saturated rings. The third kappa shape index (κ3) is 4.20. The van der Waals surface area contributed by atoms with E-state index in [1.54, 1.807) is 0 Å². The van der Waals surface area contributed by atoms with Crippen LogP contribution in [0.3, 0.4) is 0 Å². The van der Waals surface area contributed by atoms with Crippen molar-refractivity contribution in [3.63, 3.8) is 0 Å². The van der Waals surface area contributed by atoms with Crippen LogP contribution in [0.15, 0.2) is 59.1 Å². The van der Waals surface area contributed by atoms with Gasteiger partial charge in [0.1, 0.15) is 5.75 Å². The van der Waals surface area contributed by atoms with Crippen molar-refractivity contribution in [2.24, 2.45) is 0 Å². The summed E-state index contributed by atoms with van der Waals surface area (Å²) < 4.78 is 6.71. The van der Waals surface area contributed by atoms with Crippen molar-refractivity contribution >= 4 is 38.3 Å². The van der Waals surface area contributed by atoms with E-state index in [1.165, 1.54) is 0 Å². The van der Waals surface area contributed by atoms with Gasteiger partial charge in [0, 0.05) is 10.2 Å². The fourth-order valence-electron chi connectivity index (χ4n) is 2.81. The minimum atomic E-state index is -0.153. The molecule has 0 aromatic heterocycles. The molecule has 3 aromatic carbocycles. The van der Waals surface area contributed by atoms with E-state index < -0.39 is 0 Å². The summed E-state index contributed by atoms with van der Waals surface area (Å²) >= 11 is 3.47. The van der Waals surface area contributed by atoms with Gasteiger partial charge in [0.25, 0.3) is 5.91 Å². The van der Waals surface area contributed by atoms with E-state index in [-0.39, 0.29) is 12.5 Å². The molecule has 0 unspecified atom stereocenters. The number of ether oxygens (including phenoxy) is 1. The number of carbonyl (C=O) groups excluding carboxylic acids is 1. The third-order valence-corrected chi connectivity index (χ3v) is 4.64. The van der Waals surface area contributed by atoms with E-state index in [9.17, 15) is 4.79 Å². The van der Waals surface area contributed by atoms with Gasteiger partial charge in [-0.1, -0.05) is 53.2 Å². The summed E-state index contributed by atoms with van der Waals surface area (Å²) in [4.78, 5) is 12.3. The highest BCUT2D eigenvalue weighted by atomic mass is 79.9. The summed E-state index contributed by atoms with van der Waals surface area (Å²) in [5.41, 5.74) is 3.08. The molecule has 0 aliphatic rings. The van der Waals surface area contributed by atoms with Crippen LogP contribution in [0.1, 0.15) is 18.1 Å². The molecule has 0 aliphatic heterocycles. The van der Waals surface area contributed by atoms with Gasteiger partial charge >= 0.3 is 0 Å². The van der Waals surface area contributed by atoms with E-state index in [4.69, 9.17) is 4.74 Å². The number of carbonyl (C=O) groups is 1. The zero-order chi connectivity index (χ0) is 17.8. The Morgan fingerprint density at radius 3 is 2.64 bits per heavy atom. The Kier molecular flexibility index (Phi) is 5.39. The van der Waals surface area contributed by atoms with Crippen LogP contribution in [-0.2, 0) is 11.2 Å². The van der Waals surface area contributed by atoms with Gasteiger partial charge in [-0.15, -0.1) is 0 Å². The number of rotatable bonds is 5. The number of para-hydroxylation sites is 1. The summed E-state index contributed by atoms with van der Waals surface area (Å²) in [5.74, 6) is 0.533. The Balaban J connectivity index is 1.67. The topological polar surface area (TPSA) is 38.3 Å². The van der Waals surface area contributed by atoms with E-state index in [2.05, 4.69) is 34.2 Å². The number of benzene rings is 3. The minimum absolute atomic E-state index is 0.0144. The predicted octanol–water partition coefficient (Wildman–Crippen LogP) is 5.49. The lowest BCUT2D eigenvalue weighted by Crippen LogP contribution is -2.21. The average Bonchev–Trinajstić information content (AvgIpc) is 2.61. The molecule has 0 saturated carbocycles. The van der Waals surface area contributed by atoms with Gasteiger partial charge in [0.15, 0.2) is 6.61 Å². The van der Waals surface area contributed by atoms with Crippen LogP contribution in [-0.4, -0.2) is 12.5 Å². The molecule has 0 radical (unpaired) electrons. The summed E-state index contributed by atoms with van der Waals surface area (Å²) in [7, 11) is 0. The van der Waals surface area contributed by atoms with Crippen LogP contribution < -0.4 is 10.1 Å². The van der Waals surface area contributed by atoms with Crippen LogP contribution in [0, 0.1) is 6.92 Å². The van der Waals surface area contributed by atoms with Gasteiger partial charge < -0.3 is 10.1 Å². The number of halogens is 1. The van der Waals surface area contributed by atoms with Crippen LogP contribution in [0.5, 0.6) is 5.75 Å². The zero-order valence-electron chi connectivity index (χ0n) is 14.3. The van der Waals surface area contributed by atoms with Crippen molar-refractivity contribution in [3.8, 4) is 5.75 Å². The Hall–Kier alpha value is -2.33. The van der Waals surface area contributed by atoms with E-state index in [1.807, 2.05) is 55.5 Å². The highest BCUT2D eigenvalue weighted by Gasteiger charge is 2.09. The van der Waals surface area contributed by atoms with Crippen molar-refractivity contribution in [1.29, 1.82) is 0 Å². The molecular formula is C21H20BrNO2. The fraction of sp³-hybridized carbons (Fsp3) is 0.190. The van der Waals surface area contributed by atoms with Gasteiger partial charge in [-0.3, -0.25) is 4.79 Å². The largest absolute Gasteiger partial charge is 0.484 e. The second kappa shape index (κ2) is 7.70. The van der Waals surface area contributed by atoms with E-state index >= 15 is 0 Å². The molecule has 0 heterocycles. The molecule has 0 spiro atoms. The normalized spacial score (nSPS) is 10.7. The van der Waals surface area contributed by atoms with Gasteiger partial charge in [-0.25, -0.2) is 0 Å². The maximum atomic E-state index is 12.3. The first-order chi connectivity index (χ1) is 12.1. The molecule has 0 aliphatic carbocycles. The molecule has 4 heteroatoms. The predicted molar refractivity (Wildman–Crippen MR) is 106 cm³/mol. The average molecular weight is 398 g/mol. The van der Waals surface area contributed by atoms with Crippen LogP contribution >= 0.6 is 15.9 Å². The Labute approximate surface area is 156 Å². The lowest BCUT2D eigenvalue weighted by molar-refractivity contribution is -0.118. The molecule has 0 bridgehead atoms. The molecule has 25 heavy (non-hydrogen) atoms. The molecule has 128 valence electrons. The van der Waals surface area contributed by atoms with Gasteiger partial charge in [0.05, 0.1) is 0 Å². The first-order valence-electron chi connectivity index (χ1n) is 8.27. The fourth-order valence-corrected chi connectivity index (χ4v) is 3.19. The Bertz CT molecular complexity index is 921. The monoisotopic (exact) mass is 397 g/mol. The molecule has 1 N–H and O–H groups in total. The van der Waals surface area contributed by atoms with Crippen molar-refractivity contribution in [2.45, 2.75) is 20.3 Å². The molecular weight excluding hydrogens is 378 g/mol. The number of nitrogens with one attached hydrogen (secondary N) is 1. The summed E-state index contributed by atoms with van der Waals surface area (Å²) in [6, 6.07) is 17.9. The Morgan fingerprint density at radius 2 is 1.84 bits per heavy atom. The standard InChI is InChI=1S/C21H20BrNO2/c1-3-15-6-4-5-14(2)21(15)23-20(24)13-25-19-10-8-16-11-18(22)9-7-17(16)12-19/h4-12H,3,13H2,1-2H3,(H,23,24). The van der Waals surface area contributed by atoms with Crippen molar-refractivity contribution in [1.82, 2.24) is 0 Å². The lowest BCUT2D eigenvalue weighted by atomic mass is 10.1. The number of aryl methyl sites for hydroxylation is 2. The first kappa shape index (κ1) is 17.5. The van der Waals surface area contributed by atoms with Gasteiger partial charge in [0.2, 0.25) is 0 Å². The summed E-state index contributed by atoms with van der Waals surface area (Å²) in [6.07, 6.45) is 0.873. The van der Waals surface area contributed by atoms with Crippen LogP contribution in [0.2, 0.25) is 0 Å². The lowest BCUT2D eigenvalue weighted by Gasteiger charge is -2.13. The second-order valence-corrected chi connectivity index (χ2v) is 6.87. The SMILES string of the molecule is CCc1cccc(C)c1NC(=O)COc1ccc2cc(Br)ccc2c1. The number of hydrogen-bond donors (Lipinski definition) is 1. The van der Waals surface area contributed by atoms with E-state index in [0.29, 0.717) is 5.75 Å². The molecule has 0 atom stereocenters. The molecule has 0 saturated heterocycles. The van der Waals surface area contributed by atoms with Crippen molar-refractivity contribution in [3.05, 3.63) is 70.2 Å². The second-order valence-electron chi connectivity index (χ2n) is 5.95. The molecule has 3 nitrogen and oxygen atoms in total. The van der Waals surface area contributed by atoms with Gasteiger partial charge in [-0.2, -0.15) is 0 Å². The Morgan fingerprint density at radius 1 is 1.08 bits per heavy atom. The number of amides is 1. The quantitative estimate of drug-likeness (QED) is 0.617. The maximum absolute atomic E-state index is 12.3. The van der Waals surface area contributed by atoms with Crippen molar-refractivity contribution < 1.29 is 9.53 Å². The van der Waals surface area contributed by atoms with Crippen molar-refractivity contribution in [2.75, 3.05) is 11.9 Å². The summed E-state index contributed by atoms with van der Waals surface area (Å²) in [6.45, 7) is 4.06. The maximum Gasteiger partial charge on any atom is 0.262 e. The van der Waals surface area contributed by atoms with E-state index in [0.717, 1.165) is 38.5 Å². The highest BCUT2D eigenvalue weighted by molar-refractivity contribution is 9.10. The third-order valence-electron chi connectivity index (χ3n) is 4.15. The first-order valence-corrected chi connectivity index (χ1v) is 9.06. The molecule has 1 amide bonds. The zero-order valence-corrected chi connectivity index (χ0v) is 15.9. The molecule has 3 aromatic rings. The number of anilines is 1.